The molecule has 0 unspecified atom stereocenters. The van der Waals surface area contributed by atoms with Crippen molar-refractivity contribution in [2.45, 2.75) is 58.3 Å². The van der Waals surface area contributed by atoms with Crippen molar-refractivity contribution in [1.82, 2.24) is 10.4 Å². The summed E-state index contributed by atoms with van der Waals surface area (Å²) < 4.78 is 33.9. The lowest BCUT2D eigenvalue weighted by atomic mass is 10.1. The highest BCUT2D eigenvalue weighted by atomic mass is 19.1. The fourth-order valence-corrected chi connectivity index (χ4v) is 3.72. The molecule has 0 bridgehead atoms. The molecule has 7 nitrogen and oxygen atoms in total. The molecule has 0 aliphatic carbocycles. The number of ether oxygens (including phenoxy) is 1. The van der Waals surface area contributed by atoms with Crippen LogP contribution in [-0.4, -0.2) is 49.4 Å². The molecule has 0 aromatic heterocycles. The number of amides is 1. The number of hydrogen-bond donors (Lipinski definition) is 2. The lowest BCUT2D eigenvalue weighted by Crippen LogP contribution is -2.43. The van der Waals surface area contributed by atoms with Crippen molar-refractivity contribution in [3.63, 3.8) is 0 Å². The molecular formula is C22H32F2N4O3. The molecule has 1 saturated heterocycles. The Labute approximate surface area is 182 Å². The second-order valence-electron chi connectivity index (χ2n) is 8.38. The first kappa shape index (κ1) is 23.3. The third-order valence-electron chi connectivity index (χ3n) is 5.50. The van der Waals surface area contributed by atoms with Crippen LogP contribution in [-0.2, 0) is 9.57 Å². The topological polar surface area (TPSA) is 80.1 Å². The summed E-state index contributed by atoms with van der Waals surface area (Å²) in [4.78, 5) is 21.2. The summed E-state index contributed by atoms with van der Waals surface area (Å²) in [6, 6.07) is 1.83. The molecule has 3 rings (SSSR count). The van der Waals surface area contributed by atoms with E-state index in [0.29, 0.717) is 32.6 Å². The van der Waals surface area contributed by atoms with E-state index in [1.807, 2.05) is 19.9 Å². The molecule has 9 heteroatoms. The van der Waals surface area contributed by atoms with Gasteiger partial charge in [0, 0.05) is 56.0 Å². The number of carbonyl (C=O) groups excluding carboxylic acids is 1. The highest BCUT2D eigenvalue weighted by Gasteiger charge is 2.26. The molecule has 1 fully saturated rings. The van der Waals surface area contributed by atoms with Crippen LogP contribution in [0.4, 0.5) is 19.3 Å². The predicted molar refractivity (Wildman–Crippen MR) is 114 cm³/mol. The third kappa shape index (κ3) is 6.07. The minimum absolute atomic E-state index is 0.000586. The van der Waals surface area contributed by atoms with E-state index < -0.39 is 17.7 Å². The number of hydroxylamine groups is 1. The average molecular weight is 439 g/mol. The zero-order valence-electron chi connectivity index (χ0n) is 18.4. The van der Waals surface area contributed by atoms with Crippen molar-refractivity contribution in [2.75, 3.05) is 31.1 Å². The van der Waals surface area contributed by atoms with E-state index in [0.717, 1.165) is 18.5 Å². The van der Waals surface area contributed by atoms with E-state index in [-0.39, 0.29) is 29.6 Å². The Morgan fingerprint density at radius 3 is 2.45 bits per heavy atom. The summed E-state index contributed by atoms with van der Waals surface area (Å²) in [5.41, 5.74) is 10.0. The second-order valence-corrected chi connectivity index (χ2v) is 8.38. The maximum absolute atomic E-state index is 14.5. The smallest absolute Gasteiger partial charge is 0.410 e. The van der Waals surface area contributed by atoms with Gasteiger partial charge in [-0.25, -0.2) is 13.6 Å². The minimum atomic E-state index is -0.564. The summed E-state index contributed by atoms with van der Waals surface area (Å²) >= 11 is 0. The molecule has 1 aromatic rings. The van der Waals surface area contributed by atoms with Gasteiger partial charge in [-0.2, -0.15) is 0 Å². The normalized spacial score (nSPS) is 18.7. The first-order valence-corrected chi connectivity index (χ1v) is 10.8. The van der Waals surface area contributed by atoms with Crippen LogP contribution in [0, 0.1) is 11.6 Å². The highest BCUT2D eigenvalue weighted by molar-refractivity contribution is 5.67. The first-order valence-electron chi connectivity index (χ1n) is 10.8. The summed E-state index contributed by atoms with van der Waals surface area (Å²) in [6.45, 7) is 7.45. The van der Waals surface area contributed by atoms with Crippen LogP contribution in [0.2, 0.25) is 0 Å². The van der Waals surface area contributed by atoms with Gasteiger partial charge in [0.2, 0.25) is 0 Å². The van der Waals surface area contributed by atoms with Crippen molar-refractivity contribution >= 4 is 11.8 Å². The summed E-state index contributed by atoms with van der Waals surface area (Å²) in [5, 5.41) is 0. The number of rotatable bonds is 6. The number of nitrogens with one attached hydrogen (secondary N) is 1. The largest absolute Gasteiger partial charge is 0.447 e. The van der Waals surface area contributed by atoms with E-state index in [4.69, 9.17) is 15.3 Å². The van der Waals surface area contributed by atoms with Crippen LogP contribution in [0.25, 0.3) is 0 Å². The monoisotopic (exact) mass is 438 g/mol. The summed E-state index contributed by atoms with van der Waals surface area (Å²) in [6.07, 6.45) is 3.55. The summed E-state index contributed by atoms with van der Waals surface area (Å²) in [5.74, 6) is -0.969. The lowest BCUT2D eigenvalue weighted by molar-refractivity contribution is -0.0415. The standard InChI is InChI=1S/C22H32F2N4O3/c1-14(2)30-22(29)28-10-6-17(7-11-28)31-26-16-4-8-27(9-5-16)21-13-19(23)18(15(3)25)12-20(21)24/h4,12-15,17,26H,5-11,25H2,1-3H3/t15-/m1/s1. The Hall–Kier alpha value is -2.39. The van der Waals surface area contributed by atoms with Gasteiger partial charge in [0.1, 0.15) is 11.6 Å². The highest BCUT2D eigenvalue weighted by Crippen LogP contribution is 2.27. The molecule has 1 amide bonds. The van der Waals surface area contributed by atoms with Crippen LogP contribution in [0.5, 0.6) is 0 Å². The van der Waals surface area contributed by atoms with Gasteiger partial charge in [-0.3, -0.25) is 10.3 Å². The molecule has 0 radical (unpaired) electrons. The Morgan fingerprint density at radius 1 is 1.16 bits per heavy atom. The van der Waals surface area contributed by atoms with Gasteiger partial charge in [-0.1, -0.05) is 0 Å². The van der Waals surface area contributed by atoms with E-state index in [1.54, 1.807) is 16.7 Å². The molecule has 2 heterocycles. The molecule has 31 heavy (non-hydrogen) atoms. The van der Waals surface area contributed by atoms with Crippen molar-refractivity contribution in [3.8, 4) is 0 Å². The maximum atomic E-state index is 14.5. The number of benzene rings is 1. The van der Waals surface area contributed by atoms with Gasteiger partial charge in [0.15, 0.2) is 0 Å². The Balaban J connectivity index is 1.47. The third-order valence-corrected chi connectivity index (χ3v) is 5.50. The van der Waals surface area contributed by atoms with Crippen molar-refractivity contribution in [2.24, 2.45) is 5.73 Å². The molecule has 2 aliphatic heterocycles. The van der Waals surface area contributed by atoms with Crippen LogP contribution < -0.4 is 16.1 Å². The van der Waals surface area contributed by atoms with Crippen molar-refractivity contribution in [1.29, 1.82) is 0 Å². The number of carbonyl (C=O) groups is 1. The molecule has 3 N–H and O–H groups in total. The molecule has 1 aromatic carbocycles. The average Bonchev–Trinajstić information content (AvgIpc) is 2.73. The van der Waals surface area contributed by atoms with Crippen LogP contribution in [0.3, 0.4) is 0 Å². The van der Waals surface area contributed by atoms with Gasteiger partial charge in [0.05, 0.1) is 17.9 Å². The predicted octanol–water partition coefficient (Wildman–Crippen LogP) is 3.61. The van der Waals surface area contributed by atoms with E-state index >= 15 is 0 Å². The zero-order valence-corrected chi connectivity index (χ0v) is 18.4. The number of nitrogens with two attached hydrogens (primary N) is 1. The fraction of sp³-hybridized carbons (Fsp3) is 0.591. The molecule has 0 spiro atoms. The Morgan fingerprint density at radius 2 is 1.87 bits per heavy atom. The molecule has 172 valence electrons. The first-order chi connectivity index (χ1) is 14.7. The quantitative estimate of drug-likeness (QED) is 0.661. The van der Waals surface area contributed by atoms with Crippen LogP contribution >= 0.6 is 0 Å². The number of piperidine rings is 1. The number of likely N-dealkylation sites (tertiary alicyclic amines) is 1. The van der Waals surface area contributed by atoms with E-state index in [2.05, 4.69) is 5.48 Å². The fourth-order valence-electron chi connectivity index (χ4n) is 3.72. The second kappa shape index (κ2) is 10.3. The summed E-state index contributed by atoms with van der Waals surface area (Å²) in [7, 11) is 0. The van der Waals surface area contributed by atoms with Gasteiger partial charge in [-0.05, 0) is 45.8 Å². The molecule has 0 saturated carbocycles. The van der Waals surface area contributed by atoms with Gasteiger partial charge in [0.25, 0.3) is 0 Å². The Bertz CT molecular complexity index is 808. The van der Waals surface area contributed by atoms with Crippen molar-refractivity contribution in [3.05, 3.63) is 41.1 Å². The van der Waals surface area contributed by atoms with E-state index in [9.17, 15) is 13.6 Å². The van der Waals surface area contributed by atoms with Crippen LogP contribution in [0.1, 0.15) is 51.6 Å². The van der Waals surface area contributed by atoms with Gasteiger partial charge >= 0.3 is 6.09 Å². The van der Waals surface area contributed by atoms with Gasteiger partial charge in [-0.15, -0.1) is 0 Å². The molecule has 1 atom stereocenters. The minimum Gasteiger partial charge on any atom is -0.447 e. The Kier molecular flexibility index (Phi) is 7.72. The molecule has 2 aliphatic rings. The number of nitrogens with zero attached hydrogens (tertiary/aromatic N) is 2. The van der Waals surface area contributed by atoms with E-state index in [1.165, 1.54) is 12.1 Å². The maximum Gasteiger partial charge on any atom is 0.410 e. The van der Waals surface area contributed by atoms with Crippen molar-refractivity contribution < 1.29 is 23.1 Å². The van der Waals surface area contributed by atoms with Gasteiger partial charge < -0.3 is 20.3 Å². The zero-order chi connectivity index (χ0) is 22.5. The van der Waals surface area contributed by atoms with Crippen LogP contribution in [0.15, 0.2) is 23.9 Å². The number of halogens is 2. The lowest BCUT2D eigenvalue weighted by Gasteiger charge is -2.33. The number of hydrogen-bond acceptors (Lipinski definition) is 6. The molecular weight excluding hydrogens is 406 g/mol. The SMILES string of the molecule is CC(C)OC(=O)N1CCC(ONC2=CCN(c3cc(F)c([C@@H](C)N)cc3F)CC2)CC1. The number of anilines is 1.